The largest absolute Gasteiger partial charge is 0.274 e. The molecule has 1 heterocycles. The highest BCUT2D eigenvalue weighted by atomic mass is 16.2. The summed E-state index contributed by atoms with van der Waals surface area (Å²) in [5.41, 5.74) is 4.40. The standard InChI is InChI=1S/C23H21NO2/c1-14-2-4-15(5-3-14)12-16-6-10-19(11-7-16)24-22(25)20-17-8-9-18(13-17)21(20)23(24)26/h2-11,17-18,20-21H,12-13H2,1H3. The van der Waals surface area contributed by atoms with Gasteiger partial charge in [-0.25, -0.2) is 0 Å². The molecule has 2 amide bonds. The van der Waals surface area contributed by atoms with Gasteiger partial charge in [0.15, 0.2) is 0 Å². The minimum atomic E-state index is -0.135. The van der Waals surface area contributed by atoms with Crippen LogP contribution in [0.2, 0.25) is 0 Å². The van der Waals surface area contributed by atoms with Gasteiger partial charge in [0, 0.05) is 0 Å². The highest BCUT2D eigenvalue weighted by Gasteiger charge is 2.59. The molecule has 5 rings (SSSR count). The molecule has 2 aromatic rings. The first kappa shape index (κ1) is 15.6. The van der Waals surface area contributed by atoms with E-state index >= 15 is 0 Å². The Morgan fingerprint density at radius 2 is 1.31 bits per heavy atom. The summed E-state index contributed by atoms with van der Waals surface area (Å²) in [5, 5.41) is 0. The fourth-order valence-electron chi connectivity index (χ4n) is 4.86. The van der Waals surface area contributed by atoms with Gasteiger partial charge in [-0.15, -0.1) is 0 Å². The van der Waals surface area contributed by atoms with Crippen LogP contribution in [-0.4, -0.2) is 11.8 Å². The van der Waals surface area contributed by atoms with Gasteiger partial charge in [0.25, 0.3) is 0 Å². The van der Waals surface area contributed by atoms with Crippen molar-refractivity contribution in [3.63, 3.8) is 0 Å². The second-order valence-electron chi connectivity index (χ2n) is 7.84. The number of imide groups is 1. The third-order valence-corrected chi connectivity index (χ3v) is 6.19. The van der Waals surface area contributed by atoms with E-state index in [0.717, 1.165) is 12.8 Å². The molecule has 0 spiro atoms. The molecule has 26 heavy (non-hydrogen) atoms. The number of hydrogen-bond donors (Lipinski definition) is 0. The van der Waals surface area contributed by atoms with E-state index in [9.17, 15) is 9.59 Å². The SMILES string of the molecule is Cc1ccc(Cc2ccc(N3C(=O)C4C5C=CC(C5)C4C3=O)cc2)cc1. The predicted molar refractivity (Wildman–Crippen MR) is 101 cm³/mol. The Labute approximate surface area is 153 Å². The summed E-state index contributed by atoms with van der Waals surface area (Å²) in [6, 6.07) is 16.4. The number of allylic oxidation sites excluding steroid dienone is 2. The maximum Gasteiger partial charge on any atom is 0.238 e. The number of rotatable bonds is 3. The molecule has 1 saturated carbocycles. The Kier molecular flexibility index (Phi) is 3.39. The summed E-state index contributed by atoms with van der Waals surface area (Å²) in [5.74, 6) is 0.222. The molecular formula is C23H21NO2. The maximum absolute atomic E-state index is 12.9. The monoisotopic (exact) mass is 343 g/mol. The summed E-state index contributed by atoms with van der Waals surface area (Å²) >= 11 is 0. The van der Waals surface area contributed by atoms with E-state index in [1.807, 2.05) is 24.3 Å². The van der Waals surface area contributed by atoms with E-state index in [-0.39, 0.29) is 35.5 Å². The Balaban J connectivity index is 1.37. The Morgan fingerprint density at radius 1 is 0.808 bits per heavy atom. The van der Waals surface area contributed by atoms with Crippen molar-refractivity contribution in [1.29, 1.82) is 0 Å². The first-order valence-corrected chi connectivity index (χ1v) is 9.32. The van der Waals surface area contributed by atoms with Crippen molar-refractivity contribution >= 4 is 17.5 Å². The molecule has 130 valence electrons. The summed E-state index contributed by atoms with van der Waals surface area (Å²) in [6.45, 7) is 2.08. The molecule has 2 fully saturated rings. The highest BCUT2D eigenvalue weighted by Crippen LogP contribution is 2.53. The number of nitrogens with zero attached hydrogens (tertiary/aromatic N) is 1. The smallest absolute Gasteiger partial charge is 0.238 e. The average Bonchev–Trinajstić information content (AvgIpc) is 3.32. The normalized spacial score (nSPS) is 28.9. The summed E-state index contributed by atoms with van der Waals surface area (Å²) in [6.07, 6.45) is 6.08. The van der Waals surface area contributed by atoms with Gasteiger partial charge < -0.3 is 0 Å². The molecule has 3 aliphatic rings. The molecule has 3 heteroatoms. The fourth-order valence-corrected chi connectivity index (χ4v) is 4.86. The van der Waals surface area contributed by atoms with E-state index in [0.29, 0.717) is 5.69 Å². The number of aryl methyl sites for hydroxylation is 1. The quantitative estimate of drug-likeness (QED) is 0.626. The zero-order valence-electron chi connectivity index (χ0n) is 14.8. The fraction of sp³-hybridized carbons (Fsp3) is 0.304. The van der Waals surface area contributed by atoms with Crippen LogP contribution in [-0.2, 0) is 16.0 Å². The summed E-state index contributed by atoms with van der Waals surface area (Å²) < 4.78 is 0. The van der Waals surface area contributed by atoms with Gasteiger partial charge in [-0.3, -0.25) is 14.5 Å². The zero-order chi connectivity index (χ0) is 17.8. The molecule has 4 atom stereocenters. The first-order valence-electron chi connectivity index (χ1n) is 9.32. The zero-order valence-corrected chi connectivity index (χ0v) is 14.8. The third kappa shape index (κ3) is 2.27. The van der Waals surface area contributed by atoms with Crippen molar-refractivity contribution in [3.8, 4) is 0 Å². The lowest BCUT2D eigenvalue weighted by Crippen LogP contribution is -2.32. The van der Waals surface area contributed by atoms with Crippen molar-refractivity contribution in [2.75, 3.05) is 4.90 Å². The van der Waals surface area contributed by atoms with Crippen molar-refractivity contribution in [2.45, 2.75) is 19.8 Å². The van der Waals surface area contributed by atoms with Crippen molar-refractivity contribution in [1.82, 2.24) is 0 Å². The summed E-state index contributed by atoms with van der Waals surface area (Å²) in [4.78, 5) is 27.2. The molecule has 3 nitrogen and oxygen atoms in total. The van der Waals surface area contributed by atoms with Gasteiger partial charge >= 0.3 is 0 Å². The minimum Gasteiger partial charge on any atom is -0.274 e. The molecule has 2 aromatic carbocycles. The number of amides is 2. The molecule has 0 N–H and O–H groups in total. The van der Waals surface area contributed by atoms with Crippen LogP contribution in [0.1, 0.15) is 23.1 Å². The van der Waals surface area contributed by atoms with Gasteiger partial charge in [-0.05, 0) is 54.9 Å². The maximum atomic E-state index is 12.9. The molecule has 1 aliphatic heterocycles. The molecule has 4 unspecified atom stereocenters. The van der Waals surface area contributed by atoms with E-state index < -0.39 is 0 Å². The Bertz CT molecular complexity index is 880. The van der Waals surface area contributed by atoms with Crippen LogP contribution in [0.4, 0.5) is 5.69 Å². The number of fused-ring (bicyclic) bond motifs is 5. The minimum absolute atomic E-state index is 0.0110. The molecular weight excluding hydrogens is 322 g/mol. The Morgan fingerprint density at radius 3 is 1.85 bits per heavy atom. The van der Waals surface area contributed by atoms with E-state index in [1.54, 1.807) is 0 Å². The van der Waals surface area contributed by atoms with E-state index in [1.165, 1.54) is 21.6 Å². The molecule has 2 bridgehead atoms. The van der Waals surface area contributed by atoms with Crippen molar-refractivity contribution < 1.29 is 9.59 Å². The van der Waals surface area contributed by atoms with E-state index in [2.05, 4.69) is 43.3 Å². The van der Waals surface area contributed by atoms with Crippen LogP contribution in [0, 0.1) is 30.6 Å². The number of anilines is 1. The Hall–Kier alpha value is -2.68. The van der Waals surface area contributed by atoms with Crippen molar-refractivity contribution in [2.24, 2.45) is 23.7 Å². The second kappa shape index (κ2) is 5.66. The lowest BCUT2D eigenvalue weighted by molar-refractivity contribution is -0.123. The molecule has 0 aromatic heterocycles. The molecule has 1 saturated heterocycles. The number of benzene rings is 2. The van der Waals surface area contributed by atoms with Crippen molar-refractivity contribution in [3.05, 3.63) is 77.4 Å². The third-order valence-electron chi connectivity index (χ3n) is 6.19. The molecule has 0 radical (unpaired) electrons. The average molecular weight is 343 g/mol. The number of carbonyl (C=O) groups is 2. The van der Waals surface area contributed by atoms with Crippen LogP contribution in [0.3, 0.4) is 0 Å². The van der Waals surface area contributed by atoms with E-state index in [4.69, 9.17) is 0 Å². The van der Waals surface area contributed by atoms with Gasteiger partial charge in [0.05, 0.1) is 17.5 Å². The number of hydrogen-bond acceptors (Lipinski definition) is 2. The van der Waals surface area contributed by atoms with Gasteiger partial charge in [-0.2, -0.15) is 0 Å². The molecule has 2 aliphatic carbocycles. The van der Waals surface area contributed by atoms with Crippen LogP contribution in [0.25, 0.3) is 0 Å². The predicted octanol–water partition coefficient (Wildman–Crippen LogP) is 3.90. The van der Waals surface area contributed by atoms with Crippen LogP contribution < -0.4 is 4.90 Å². The first-order chi connectivity index (χ1) is 12.6. The van der Waals surface area contributed by atoms with Crippen LogP contribution in [0.5, 0.6) is 0 Å². The van der Waals surface area contributed by atoms with Gasteiger partial charge in [0.2, 0.25) is 11.8 Å². The van der Waals surface area contributed by atoms with Gasteiger partial charge in [0.1, 0.15) is 0 Å². The summed E-state index contributed by atoms with van der Waals surface area (Å²) in [7, 11) is 0. The second-order valence-corrected chi connectivity index (χ2v) is 7.84. The lowest BCUT2D eigenvalue weighted by atomic mass is 9.85. The highest BCUT2D eigenvalue weighted by molar-refractivity contribution is 6.22. The number of carbonyl (C=O) groups excluding carboxylic acids is 2. The lowest BCUT2D eigenvalue weighted by Gasteiger charge is -2.17. The van der Waals surface area contributed by atoms with Gasteiger partial charge in [-0.1, -0.05) is 54.1 Å². The van der Waals surface area contributed by atoms with Crippen LogP contribution >= 0.6 is 0 Å². The van der Waals surface area contributed by atoms with Crippen LogP contribution in [0.15, 0.2) is 60.7 Å². The topological polar surface area (TPSA) is 37.4 Å².